The molecule has 0 amide bonds. The first kappa shape index (κ1) is 19.6. The van der Waals surface area contributed by atoms with Crippen LogP contribution in [0.5, 0.6) is 0 Å². The molecule has 2 N–H and O–H groups in total. The summed E-state index contributed by atoms with van der Waals surface area (Å²) in [5, 5.41) is 2.19. The summed E-state index contributed by atoms with van der Waals surface area (Å²) >= 11 is 6.49. The number of rotatable bonds is 4. The highest BCUT2D eigenvalue weighted by molar-refractivity contribution is 6.34. The second-order valence-electron chi connectivity index (χ2n) is 7.89. The molecule has 0 saturated carbocycles. The van der Waals surface area contributed by atoms with E-state index in [4.69, 9.17) is 31.7 Å². The Morgan fingerprint density at radius 3 is 2.61 bits per heavy atom. The molecular weight excluding hydrogens is 408 g/mol. The lowest BCUT2D eigenvalue weighted by atomic mass is 10.0. The predicted molar refractivity (Wildman–Crippen MR) is 127 cm³/mol. The van der Waals surface area contributed by atoms with Crippen molar-refractivity contribution in [1.82, 2.24) is 14.5 Å². The summed E-state index contributed by atoms with van der Waals surface area (Å²) in [5.41, 5.74) is 12.8. The molecule has 0 aliphatic heterocycles. The van der Waals surface area contributed by atoms with Crippen molar-refractivity contribution >= 4 is 39.2 Å². The van der Waals surface area contributed by atoms with Crippen molar-refractivity contribution < 1.29 is 4.42 Å². The summed E-state index contributed by atoms with van der Waals surface area (Å²) in [4.78, 5) is 9.62. The molecule has 0 aliphatic rings. The van der Waals surface area contributed by atoms with Crippen molar-refractivity contribution in [1.29, 1.82) is 0 Å². The standard InChI is InChI=1S/C25H23ClN4O/c1-4-21-29-22-14(2)11-15(3)28-25(22)30(21)13-16-9-10-17-19(12-16)24(26)31-23(17)18-7-5-6-8-20(18)27/h5-12H,4,13,27H2,1-3H3. The Morgan fingerprint density at radius 2 is 1.84 bits per heavy atom. The zero-order valence-corrected chi connectivity index (χ0v) is 18.5. The number of benzene rings is 2. The van der Waals surface area contributed by atoms with Crippen molar-refractivity contribution in [3.05, 3.63) is 76.4 Å². The minimum Gasteiger partial charge on any atom is -0.443 e. The van der Waals surface area contributed by atoms with Crippen molar-refractivity contribution in [3.63, 3.8) is 0 Å². The number of halogens is 1. The van der Waals surface area contributed by atoms with Crippen LogP contribution in [0.15, 0.2) is 52.9 Å². The van der Waals surface area contributed by atoms with Crippen LogP contribution < -0.4 is 5.73 Å². The molecule has 2 aromatic carbocycles. The first-order valence-corrected chi connectivity index (χ1v) is 10.7. The second kappa shape index (κ2) is 7.43. The van der Waals surface area contributed by atoms with Crippen LogP contribution in [0, 0.1) is 13.8 Å². The third kappa shape index (κ3) is 3.26. The van der Waals surface area contributed by atoms with Gasteiger partial charge in [0.15, 0.2) is 5.65 Å². The number of nitrogens with zero attached hydrogens (tertiary/aromatic N) is 3. The summed E-state index contributed by atoms with van der Waals surface area (Å²) in [6, 6.07) is 16.0. The molecule has 3 heterocycles. The molecule has 0 saturated heterocycles. The number of fused-ring (bicyclic) bond motifs is 2. The molecule has 5 nitrogen and oxygen atoms in total. The lowest BCUT2D eigenvalue weighted by Crippen LogP contribution is -2.05. The molecule has 0 radical (unpaired) electrons. The van der Waals surface area contributed by atoms with Crippen molar-refractivity contribution in [2.24, 2.45) is 0 Å². The Balaban J connectivity index is 1.62. The van der Waals surface area contributed by atoms with Gasteiger partial charge in [0.2, 0.25) is 5.22 Å². The largest absolute Gasteiger partial charge is 0.443 e. The van der Waals surface area contributed by atoms with E-state index >= 15 is 0 Å². The average molecular weight is 431 g/mol. The monoisotopic (exact) mass is 430 g/mol. The van der Waals surface area contributed by atoms with Crippen LogP contribution in [0.4, 0.5) is 5.69 Å². The van der Waals surface area contributed by atoms with Crippen LogP contribution in [0.25, 0.3) is 33.3 Å². The van der Waals surface area contributed by atoms with E-state index in [0.717, 1.165) is 56.6 Å². The van der Waals surface area contributed by atoms with Crippen molar-refractivity contribution in [2.45, 2.75) is 33.7 Å². The summed E-state index contributed by atoms with van der Waals surface area (Å²) in [5.74, 6) is 1.72. The molecule has 0 fully saturated rings. The summed E-state index contributed by atoms with van der Waals surface area (Å²) < 4.78 is 8.12. The molecule has 5 aromatic rings. The molecule has 0 aliphatic carbocycles. The number of furan rings is 1. The smallest absolute Gasteiger partial charge is 0.201 e. The fourth-order valence-corrected chi connectivity index (χ4v) is 4.45. The lowest BCUT2D eigenvalue weighted by Gasteiger charge is -2.09. The Labute approximate surface area is 185 Å². The second-order valence-corrected chi connectivity index (χ2v) is 8.24. The highest BCUT2D eigenvalue weighted by Gasteiger charge is 2.18. The molecular formula is C25H23ClN4O. The molecule has 0 unspecified atom stereocenters. The Morgan fingerprint density at radius 1 is 1.03 bits per heavy atom. The highest BCUT2D eigenvalue weighted by atomic mass is 35.5. The molecule has 0 atom stereocenters. The van der Waals surface area contributed by atoms with Gasteiger partial charge in [0, 0.05) is 34.1 Å². The minimum atomic E-state index is 0.367. The number of anilines is 1. The van der Waals surface area contributed by atoms with Gasteiger partial charge in [-0.25, -0.2) is 9.97 Å². The summed E-state index contributed by atoms with van der Waals surface area (Å²) in [7, 11) is 0. The van der Waals surface area contributed by atoms with Gasteiger partial charge in [-0.15, -0.1) is 0 Å². The fourth-order valence-electron chi connectivity index (χ4n) is 4.22. The predicted octanol–water partition coefficient (Wildman–Crippen LogP) is 6.31. The van der Waals surface area contributed by atoms with Crippen LogP contribution in [-0.2, 0) is 13.0 Å². The van der Waals surface area contributed by atoms with E-state index < -0.39 is 0 Å². The topological polar surface area (TPSA) is 69.9 Å². The van der Waals surface area contributed by atoms with E-state index in [2.05, 4.69) is 42.7 Å². The fraction of sp³-hybridized carbons (Fsp3) is 0.200. The number of nitrogens with two attached hydrogens (primary N) is 1. The first-order chi connectivity index (χ1) is 15.0. The minimum absolute atomic E-state index is 0.367. The number of hydrogen-bond donors (Lipinski definition) is 1. The van der Waals surface area contributed by atoms with Gasteiger partial charge < -0.3 is 14.7 Å². The van der Waals surface area contributed by atoms with E-state index in [1.165, 1.54) is 0 Å². The number of aryl methyl sites for hydroxylation is 3. The van der Waals surface area contributed by atoms with Gasteiger partial charge >= 0.3 is 0 Å². The van der Waals surface area contributed by atoms with E-state index in [1.54, 1.807) is 0 Å². The van der Waals surface area contributed by atoms with Gasteiger partial charge in [0.05, 0.1) is 6.54 Å². The SMILES string of the molecule is CCc1nc2c(C)cc(C)nc2n1Cc1ccc2c(-c3ccccc3N)oc(Cl)c2c1. The molecule has 5 rings (SSSR count). The van der Waals surface area contributed by atoms with Crippen LogP contribution >= 0.6 is 11.6 Å². The molecule has 31 heavy (non-hydrogen) atoms. The number of nitrogen functional groups attached to an aromatic ring is 1. The maximum atomic E-state index is 6.49. The Bertz CT molecular complexity index is 1450. The third-order valence-electron chi connectivity index (χ3n) is 5.70. The molecule has 3 aromatic heterocycles. The van der Waals surface area contributed by atoms with E-state index in [1.807, 2.05) is 31.2 Å². The maximum Gasteiger partial charge on any atom is 0.201 e. The number of pyridine rings is 1. The third-order valence-corrected chi connectivity index (χ3v) is 5.98. The van der Waals surface area contributed by atoms with Crippen LogP contribution in [0.2, 0.25) is 5.22 Å². The van der Waals surface area contributed by atoms with E-state index in [-0.39, 0.29) is 0 Å². The van der Waals surface area contributed by atoms with Crippen LogP contribution in [0.1, 0.15) is 29.6 Å². The summed E-state index contributed by atoms with van der Waals surface area (Å²) in [6.07, 6.45) is 0.834. The van der Waals surface area contributed by atoms with Crippen LogP contribution in [-0.4, -0.2) is 14.5 Å². The summed E-state index contributed by atoms with van der Waals surface area (Å²) in [6.45, 7) is 6.88. The number of para-hydroxylation sites is 1. The molecule has 0 bridgehead atoms. The zero-order valence-electron chi connectivity index (χ0n) is 17.7. The van der Waals surface area contributed by atoms with E-state index in [9.17, 15) is 0 Å². The first-order valence-electron chi connectivity index (χ1n) is 10.4. The maximum absolute atomic E-state index is 6.49. The molecule has 6 heteroatoms. The lowest BCUT2D eigenvalue weighted by molar-refractivity contribution is 0.589. The van der Waals surface area contributed by atoms with Gasteiger partial charge in [-0.2, -0.15) is 0 Å². The number of imidazole rings is 1. The molecule has 156 valence electrons. The van der Waals surface area contributed by atoms with Gasteiger partial charge in [-0.05, 0) is 60.8 Å². The van der Waals surface area contributed by atoms with Crippen LogP contribution in [0.3, 0.4) is 0 Å². The Hall–Kier alpha value is -3.31. The van der Waals surface area contributed by atoms with Crippen molar-refractivity contribution in [3.8, 4) is 11.3 Å². The van der Waals surface area contributed by atoms with Crippen molar-refractivity contribution in [2.75, 3.05) is 5.73 Å². The van der Waals surface area contributed by atoms with Gasteiger partial charge in [0.25, 0.3) is 0 Å². The van der Waals surface area contributed by atoms with Gasteiger partial charge in [-0.3, -0.25) is 0 Å². The van der Waals surface area contributed by atoms with Gasteiger partial charge in [-0.1, -0.05) is 31.2 Å². The molecule has 0 spiro atoms. The highest BCUT2D eigenvalue weighted by Crippen LogP contribution is 2.39. The number of aromatic nitrogens is 3. The van der Waals surface area contributed by atoms with E-state index in [0.29, 0.717) is 23.2 Å². The average Bonchev–Trinajstić information content (AvgIpc) is 3.26. The normalized spacial score (nSPS) is 11.6. The Kier molecular flexibility index (Phi) is 4.71. The number of hydrogen-bond acceptors (Lipinski definition) is 4. The van der Waals surface area contributed by atoms with Gasteiger partial charge in [0.1, 0.15) is 17.1 Å². The zero-order chi connectivity index (χ0) is 21.7. The quantitative estimate of drug-likeness (QED) is 0.339.